The van der Waals surface area contributed by atoms with Gasteiger partial charge in [0, 0.05) is 15.7 Å². The number of hydrogen-bond donors (Lipinski definition) is 1. The minimum absolute atomic E-state index is 0.151. The van der Waals surface area contributed by atoms with Crippen LogP contribution in [0.25, 0.3) is 10.8 Å². The van der Waals surface area contributed by atoms with E-state index >= 15 is 0 Å². The molecular formula is C19H13BrN2O. The molecule has 0 aliphatic rings. The van der Waals surface area contributed by atoms with Crippen LogP contribution >= 0.6 is 15.9 Å². The molecule has 0 fully saturated rings. The highest BCUT2D eigenvalue weighted by atomic mass is 79.9. The van der Waals surface area contributed by atoms with E-state index in [4.69, 9.17) is 5.26 Å². The Labute approximate surface area is 142 Å². The summed E-state index contributed by atoms with van der Waals surface area (Å²) in [5, 5.41) is 13.5. The Hall–Kier alpha value is -2.64. The summed E-state index contributed by atoms with van der Waals surface area (Å²) in [5.41, 5.74) is 2.27. The summed E-state index contributed by atoms with van der Waals surface area (Å²) in [4.78, 5) is 12.6. The number of benzene rings is 3. The van der Waals surface area contributed by atoms with Crippen molar-refractivity contribution in [3.8, 4) is 6.07 Å². The third kappa shape index (κ3) is 3.25. The zero-order valence-corrected chi connectivity index (χ0v) is 13.8. The molecule has 0 heterocycles. The van der Waals surface area contributed by atoms with Gasteiger partial charge in [-0.2, -0.15) is 5.26 Å². The number of fused-ring (bicyclic) bond motifs is 1. The first-order chi connectivity index (χ1) is 11.2. The average Bonchev–Trinajstić information content (AvgIpc) is 2.57. The Bertz CT molecular complexity index is 911. The number of amides is 1. The Morgan fingerprint density at radius 1 is 1.00 bits per heavy atom. The molecule has 0 spiro atoms. The van der Waals surface area contributed by atoms with Crippen LogP contribution in [0.1, 0.15) is 15.9 Å². The van der Waals surface area contributed by atoms with Crippen LogP contribution in [-0.2, 0) is 6.42 Å². The number of halogens is 1. The van der Waals surface area contributed by atoms with Crippen LogP contribution in [0.3, 0.4) is 0 Å². The van der Waals surface area contributed by atoms with Gasteiger partial charge in [0.05, 0.1) is 12.5 Å². The number of rotatable bonds is 3. The van der Waals surface area contributed by atoms with Gasteiger partial charge in [0.1, 0.15) is 0 Å². The first-order valence-electron chi connectivity index (χ1n) is 7.13. The van der Waals surface area contributed by atoms with Crippen LogP contribution in [0.15, 0.2) is 65.1 Å². The van der Waals surface area contributed by atoms with E-state index in [-0.39, 0.29) is 5.91 Å². The van der Waals surface area contributed by atoms with Crippen LogP contribution in [0, 0.1) is 11.3 Å². The number of carbonyl (C=O) groups is 1. The molecule has 3 nitrogen and oxygen atoms in total. The van der Waals surface area contributed by atoms with E-state index in [1.165, 1.54) is 0 Å². The molecule has 0 aliphatic heterocycles. The first kappa shape index (κ1) is 15.3. The van der Waals surface area contributed by atoms with Gasteiger partial charge in [-0.25, -0.2) is 0 Å². The van der Waals surface area contributed by atoms with E-state index in [2.05, 4.69) is 27.3 Å². The second-order valence-corrected chi connectivity index (χ2v) is 5.98. The van der Waals surface area contributed by atoms with E-state index in [1.807, 2.05) is 60.7 Å². The molecule has 0 saturated carbocycles. The Kier molecular flexibility index (Phi) is 4.40. The largest absolute Gasteiger partial charge is 0.322 e. The van der Waals surface area contributed by atoms with E-state index in [1.54, 1.807) is 0 Å². The van der Waals surface area contributed by atoms with Gasteiger partial charge in [0.2, 0.25) is 0 Å². The molecule has 3 aromatic carbocycles. The zero-order valence-electron chi connectivity index (χ0n) is 12.2. The van der Waals surface area contributed by atoms with Crippen LogP contribution in [0.4, 0.5) is 5.69 Å². The summed E-state index contributed by atoms with van der Waals surface area (Å²) < 4.78 is 0.963. The standard InChI is InChI=1S/C19H13BrN2O/c20-18-6-2-3-15-16(18)4-1-5-17(15)19(23)22-14-9-7-13(8-10-14)11-12-21/h1-10H,11H2,(H,22,23). The van der Waals surface area contributed by atoms with Crippen molar-refractivity contribution in [3.63, 3.8) is 0 Å². The van der Waals surface area contributed by atoms with Crippen molar-refractivity contribution >= 4 is 38.3 Å². The van der Waals surface area contributed by atoms with Gasteiger partial charge in [-0.3, -0.25) is 4.79 Å². The van der Waals surface area contributed by atoms with Crippen LogP contribution in [0.5, 0.6) is 0 Å². The summed E-state index contributed by atoms with van der Waals surface area (Å²) in [6, 6.07) is 20.9. The summed E-state index contributed by atoms with van der Waals surface area (Å²) in [6.45, 7) is 0. The van der Waals surface area contributed by atoms with E-state index < -0.39 is 0 Å². The van der Waals surface area contributed by atoms with E-state index in [9.17, 15) is 4.79 Å². The Morgan fingerprint density at radius 2 is 1.70 bits per heavy atom. The molecule has 0 atom stereocenters. The SMILES string of the molecule is N#CCc1ccc(NC(=O)c2cccc3c(Br)cccc23)cc1. The van der Waals surface area contributed by atoms with Gasteiger partial charge in [-0.1, -0.05) is 52.3 Å². The average molecular weight is 365 g/mol. The lowest BCUT2D eigenvalue weighted by Crippen LogP contribution is -2.12. The Morgan fingerprint density at radius 3 is 2.43 bits per heavy atom. The van der Waals surface area contributed by atoms with Crippen molar-refractivity contribution in [2.75, 3.05) is 5.32 Å². The lowest BCUT2D eigenvalue weighted by molar-refractivity contribution is 0.102. The molecule has 0 aromatic heterocycles. The highest BCUT2D eigenvalue weighted by molar-refractivity contribution is 9.10. The highest BCUT2D eigenvalue weighted by Gasteiger charge is 2.11. The molecule has 0 saturated heterocycles. The van der Waals surface area contributed by atoms with Crippen molar-refractivity contribution in [1.29, 1.82) is 5.26 Å². The summed E-state index contributed by atoms with van der Waals surface area (Å²) in [7, 11) is 0. The monoisotopic (exact) mass is 364 g/mol. The number of nitrogens with zero attached hydrogens (tertiary/aromatic N) is 1. The van der Waals surface area contributed by atoms with Gasteiger partial charge in [0.25, 0.3) is 5.91 Å². The molecule has 0 aliphatic carbocycles. The fourth-order valence-electron chi connectivity index (χ4n) is 2.47. The maximum atomic E-state index is 12.6. The fraction of sp³-hybridized carbons (Fsp3) is 0.0526. The van der Waals surface area contributed by atoms with Crippen LogP contribution in [-0.4, -0.2) is 5.91 Å². The van der Waals surface area contributed by atoms with Gasteiger partial charge in [-0.05, 0) is 40.6 Å². The van der Waals surface area contributed by atoms with E-state index in [0.29, 0.717) is 17.7 Å². The summed E-state index contributed by atoms with van der Waals surface area (Å²) in [6.07, 6.45) is 0.367. The predicted molar refractivity (Wildman–Crippen MR) is 95.4 cm³/mol. The molecule has 0 radical (unpaired) electrons. The lowest BCUT2D eigenvalue weighted by atomic mass is 10.0. The topological polar surface area (TPSA) is 52.9 Å². The fourth-order valence-corrected chi connectivity index (χ4v) is 2.96. The number of carbonyl (C=O) groups excluding carboxylic acids is 1. The van der Waals surface area contributed by atoms with Crippen molar-refractivity contribution in [2.45, 2.75) is 6.42 Å². The number of nitriles is 1. The van der Waals surface area contributed by atoms with Crippen molar-refractivity contribution < 1.29 is 4.79 Å². The second-order valence-electron chi connectivity index (χ2n) is 5.13. The first-order valence-corrected chi connectivity index (χ1v) is 7.93. The maximum Gasteiger partial charge on any atom is 0.256 e. The van der Waals surface area contributed by atoms with Crippen LogP contribution in [0.2, 0.25) is 0 Å². The molecule has 1 N–H and O–H groups in total. The number of hydrogen-bond acceptors (Lipinski definition) is 2. The summed E-state index contributed by atoms with van der Waals surface area (Å²) >= 11 is 3.51. The van der Waals surface area contributed by atoms with Crippen molar-refractivity contribution in [3.05, 3.63) is 76.3 Å². The maximum absolute atomic E-state index is 12.6. The molecular weight excluding hydrogens is 352 g/mol. The van der Waals surface area contributed by atoms with Gasteiger partial charge >= 0.3 is 0 Å². The molecule has 1 amide bonds. The molecule has 3 aromatic rings. The molecule has 0 bridgehead atoms. The Balaban J connectivity index is 1.89. The lowest BCUT2D eigenvalue weighted by Gasteiger charge is -2.09. The van der Waals surface area contributed by atoms with Gasteiger partial charge in [-0.15, -0.1) is 0 Å². The molecule has 112 valence electrons. The van der Waals surface area contributed by atoms with Crippen LogP contribution < -0.4 is 5.32 Å². The molecule has 4 heteroatoms. The smallest absolute Gasteiger partial charge is 0.256 e. The minimum Gasteiger partial charge on any atom is -0.322 e. The van der Waals surface area contributed by atoms with Gasteiger partial charge < -0.3 is 5.32 Å². The van der Waals surface area contributed by atoms with E-state index in [0.717, 1.165) is 20.8 Å². The third-order valence-corrected chi connectivity index (χ3v) is 4.30. The normalized spacial score (nSPS) is 10.3. The van der Waals surface area contributed by atoms with Gasteiger partial charge in [0.15, 0.2) is 0 Å². The quantitative estimate of drug-likeness (QED) is 0.716. The number of nitrogens with one attached hydrogen (secondary N) is 1. The predicted octanol–water partition coefficient (Wildman–Crippen LogP) is 4.92. The number of anilines is 1. The minimum atomic E-state index is -0.151. The van der Waals surface area contributed by atoms with Crippen molar-refractivity contribution in [1.82, 2.24) is 0 Å². The highest BCUT2D eigenvalue weighted by Crippen LogP contribution is 2.26. The molecule has 23 heavy (non-hydrogen) atoms. The zero-order chi connectivity index (χ0) is 16.2. The van der Waals surface area contributed by atoms with Crippen molar-refractivity contribution in [2.24, 2.45) is 0 Å². The third-order valence-electron chi connectivity index (χ3n) is 3.61. The second kappa shape index (κ2) is 6.64. The molecule has 3 rings (SSSR count). The summed E-state index contributed by atoms with van der Waals surface area (Å²) in [5.74, 6) is -0.151. The molecule has 0 unspecified atom stereocenters.